The van der Waals surface area contributed by atoms with Gasteiger partial charge in [0.1, 0.15) is 0 Å². The van der Waals surface area contributed by atoms with Gasteiger partial charge in [0.05, 0.1) is 25.4 Å². The lowest BCUT2D eigenvalue weighted by atomic mass is 10.0. The van der Waals surface area contributed by atoms with Crippen molar-refractivity contribution in [3.05, 3.63) is 24.3 Å². The molecule has 84 heavy (non-hydrogen) atoms. The van der Waals surface area contributed by atoms with Gasteiger partial charge in [-0.3, -0.25) is 9.59 Å². The van der Waals surface area contributed by atoms with E-state index in [-0.39, 0.29) is 18.5 Å². The predicted octanol–water partition coefficient (Wildman–Crippen LogP) is 25.3. The molecule has 0 spiro atoms. The summed E-state index contributed by atoms with van der Waals surface area (Å²) in [5.41, 5.74) is 0. The maximum Gasteiger partial charge on any atom is 0.305 e. The lowest BCUT2D eigenvalue weighted by Gasteiger charge is -2.20. The monoisotopic (exact) mass is 1180 g/mol. The zero-order chi connectivity index (χ0) is 60.6. The van der Waals surface area contributed by atoms with Crippen LogP contribution in [0.1, 0.15) is 438 Å². The predicted molar refractivity (Wildman–Crippen MR) is 370 cm³/mol. The summed E-state index contributed by atoms with van der Waals surface area (Å²) in [5.74, 6) is -0.0406. The van der Waals surface area contributed by atoms with E-state index in [1.54, 1.807) is 6.08 Å². The number of aliphatic hydroxyl groups is 2. The second kappa shape index (κ2) is 73.8. The zero-order valence-corrected chi connectivity index (χ0v) is 57.2. The molecule has 0 fully saturated rings. The molecule has 0 aliphatic carbocycles. The van der Waals surface area contributed by atoms with Crippen LogP contribution >= 0.6 is 0 Å². The number of amides is 1. The molecule has 0 saturated carbocycles. The maximum atomic E-state index is 12.5. The first-order valence-electron chi connectivity index (χ1n) is 38.6. The van der Waals surface area contributed by atoms with Crippen LogP contribution in [0.5, 0.6) is 0 Å². The molecule has 3 N–H and O–H groups in total. The zero-order valence-electron chi connectivity index (χ0n) is 57.2. The van der Waals surface area contributed by atoms with Gasteiger partial charge in [0.25, 0.3) is 0 Å². The van der Waals surface area contributed by atoms with E-state index in [1.807, 2.05) is 6.08 Å². The highest BCUT2D eigenvalue weighted by molar-refractivity contribution is 5.76. The molecule has 0 heterocycles. The third kappa shape index (κ3) is 69.4. The molecule has 1 amide bonds. The van der Waals surface area contributed by atoms with Crippen LogP contribution in [-0.4, -0.2) is 47.4 Å². The molecule has 0 aromatic heterocycles. The highest BCUT2D eigenvalue weighted by Gasteiger charge is 2.18. The molecule has 0 bridgehead atoms. The van der Waals surface area contributed by atoms with E-state index in [0.717, 1.165) is 38.5 Å². The Kier molecular flexibility index (Phi) is 72.3. The largest absolute Gasteiger partial charge is 0.466 e. The van der Waals surface area contributed by atoms with Crippen molar-refractivity contribution >= 4 is 11.9 Å². The van der Waals surface area contributed by atoms with Crippen molar-refractivity contribution < 1.29 is 24.5 Å². The molecule has 2 unspecified atom stereocenters. The second-order valence-corrected chi connectivity index (χ2v) is 26.7. The number of aliphatic hydroxyl groups excluding tert-OH is 2. The smallest absolute Gasteiger partial charge is 0.305 e. The van der Waals surface area contributed by atoms with Crippen LogP contribution < -0.4 is 5.32 Å². The Hall–Kier alpha value is -1.66. The highest BCUT2D eigenvalue weighted by Crippen LogP contribution is 2.19. The molecule has 2 atom stereocenters. The molecule has 0 rings (SSSR count). The lowest BCUT2D eigenvalue weighted by Crippen LogP contribution is -2.45. The SMILES string of the molecule is CCCCCCCCCCCCCCCCCCCCC/C=C/C(O)C(CO)NC(=O)CCCCCCCCCCCCCCCC/C=C\CCCCCCCCCCCCCCOC(=O)CCCCCCCCCCCCCCCCCC. The van der Waals surface area contributed by atoms with Crippen LogP contribution in [0.25, 0.3) is 0 Å². The van der Waals surface area contributed by atoms with Crippen LogP contribution in [-0.2, 0) is 14.3 Å². The summed E-state index contributed by atoms with van der Waals surface area (Å²) in [5, 5.41) is 23.3. The van der Waals surface area contributed by atoms with Crippen molar-refractivity contribution in [1.29, 1.82) is 0 Å². The molecule has 0 aromatic rings. The Labute approximate surface area is 526 Å². The molecule has 0 saturated heterocycles. The van der Waals surface area contributed by atoms with Crippen molar-refractivity contribution in [1.82, 2.24) is 5.32 Å². The number of hydrogen-bond acceptors (Lipinski definition) is 5. The van der Waals surface area contributed by atoms with Gasteiger partial charge in [0, 0.05) is 12.8 Å². The fourth-order valence-corrected chi connectivity index (χ4v) is 12.3. The maximum absolute atomic E-state index is 12.5. The number of ether oxygens (including phenoxy) is 1. The van der Waals surface area contributed by atoms with E-state index >= 15 is 0 Å². The van der Waals surface area contributed by atoms with Gasteiger partial charge in [-0.2, -0.15) is 0 Å². The van der Waals surface area contributed by atoms with E-state index in [0.29, 0.717) is 19.4 Å². The van der Waals surface area contributed by atoms with E-state index < -0.39 is 12.1 Å². The van der Waals surface area contributed by atoms with Crippen LogP contribution in [0, 0.1) is 0 Å². The lowest BCUT2D eigenvalue weighted by molar-refractivity contribution is -0.143. The second-order valence-electron chi connectivity index (χ2n) is 26.7. The van der Waals surface area contributed by atoms with Gasteiger partial charge in [-0.15, -0.1) is 0 Å². The molecule has 498 valence electrons. The normalized spacial score (nSPS) is 12.6. The van der Waals surface area contributed by atoms with Gasteiger partial charge in [-0.05, 0) is 57.8 Å². The fourth-order valence-electron chi connectivity index (χ4n) is 12.3. The van der Waals surface area contributed by atoms with Gasteiger partial charge in [-0.1, -0.05) is 391 Å². The Morgan fingerprint density at radius 2 is 0.560 bits per heavy atom. The minimum Gasteiger partial charge on any atom is -0.466 e. The van der Waals surface area contributed by atoms with Crippen LogP contribution in [0.3, 0.4) is 0 Å². The Morgan fingerprint density at radius 1 is 0.321 bits per heavy atom. The average Bonchev–Trinajstić information content (AvgIpc) is 3.51. The molecule has 6 heteroatoms. The van der Waals surface area contributed by atoms with Crippen LogP contribution in [0.4, 0.5) is 0 Å². The number of carbonyl (C=O) groups is 2. The summed E-state index contributed by atoms with van der Waals surface area (Å²) in [6.07, 6.45) is 94.3. The number of carbonyl (C=O) groups excluding carboxylic acids is 2. The van der Waals surface area contributed by atoms with Crippen molar-refractivity contribution in [3.8, 4) is 0 Å². The van der Waals surface area contributed by atoms with E-state index in [4.69, 9.17) is 4.74 Å². The molecule has 0 aliphatic rings. The highest BCUT2D eigenvalue weighted by atomic mass is 16.5. The Bertz CT molecular complexity index is 1320. The Balaban J connectivity index is 3.38. The van der Waals surface area contributed by atoms with E-state index in [2.05, 4.69) is 31.3 Å². The van der Waals surface area contributed by atoms with Gasteiger partial charge < -0.3 is 20.3 Å². The number of unbranched alkanes of at least 4 members (excludes halogenated alkanes) is 60. The number of esters is 1. The third-order valence-corrected chi connectivity index (χ3v) is 18.2. The number of nitrogens with one attached hydrogen (secondary N) is 1. The summed E-state index contributed by atoms with van der Waals surface area (Å²) in [6, 6.07) is -0.628. The topological polar surface area (TPSA) is 95.9 Å². The van der Waals surface area contributed by atoms with Crippen molar-refractivity contribution in [2.75, 3.05) is 13.2 Å². The van der Waals surface area contributed by atoms with Crippen molar-refractivity contribution in [3.63, 3.8) is 0 Å². The molecule has 0 aliphatic heterocycles. The van der Waals surface area contributed by atoms with Crippen molar-refractivity contribution in [2.24, 2.45) is 0 Å². The molecule has 6 nitrogen and oxygen atoms in total. The third-order valence-electron chi connectivity index (χ3n) is 18.2. The first kappa shape index (κ1) is 82.3. The number of hydrogen-bond donors (Lipinski definition) is 3. The fraction of sp³-hybridized carbons (Fsp3) is 0.923. The summed E-state index contributed by atoms with van der Waals surface area (Å²) < 4.78 is 5.51. The summed E-state index contributed by atoms with van der Waals surface area (Å²) in [4.78, 5) is 24.6. The molecule has 0 aromatic carbocycles. The Morgan fingerprint density at radius 3 is 0.845 bits per heavy atom. The quantitative estimate of drug-likeness (QED) is 0.0320. The summed E-state index contributed by atoms with van der Waals surface area (Å²) in [7, 11) is 0. The van der Waals surface area contributed by atoms with Crippen LogP contribution in [0.15, 0.2) is 24.3 Å². The minimum atomic E-state index is -0.844. The number of allylic oxidation sites excluding steroid dienone is 3. The van der Waals surface area contributed by atoms with Crippen molar-refractivity contribution in [2.45, 2.75) is 450 Å². The van der Waals surface area contributed by atoms with Crippen LogP contribution in [0.2, 0.25) is 0 Å². The van der Waals surface area contributed by atoms with E-state index in [1.165, 1.54) is 372 Å². The standard InChI is InChI=1S/C78H151NO5/c1-3-5-7-9-11-13-15-17-19-21-22-33-36-39-42-46-50-54-58-62-66-70-76(81)75(74-80)79-77(82)71-67-63-59-55-51-47-43-40-37-34-31-29-27-25-23-24-26-28-30-32-35-38-41-45-49-53-57-61-65-69-73-84-78(83)72-68-64-60-56-52-48-44-20-18-16-14-12-10-8-6-4-2/h24,26,66,70,75-76,80-81H,3-23,25,27-65,67-69,71-74H2,1-2H3,(H,79,82)/b26-24-,70-66+. The first-order valence-corrected chi connectivity index (χ1v) is 38.6. The summed E-state index contributed by atoms with van der Waals surface area (Å²) >= 11 is 0. The minimum absolute atomic E-state index is 0.0213. The average molecular weight is 1180 g/mol. The molecule has 0 radical (unpaired) electrons. The van der Waals surface area contributed by atoms with Gasteiger partial charge in [0.15, 0.2) is 0 Å². The van der Waals surface area contributed by atoms with Gasteiger partial charge in [0.2, 0.25) is 5.91 Å². The summed E-state index contributed by atoms with van der Waals surface area (Å²) in [6.45, 7) is 4.96. The molecular formula is C78H151NO5. The first-order chi connectivity index (χ1) is 41.5. The molecular weight excluding hydrogens is 1030 g/mol. The number of rotatable bonds is 73. The van der Waals surface area contributed by atoms with Gasteiger partial charge in [-0.25, -0.2) is 0 Å². The van der Waals surface area contributed by atoms with Gasteiger partial charge >= 0.3 is 5.97 Å². The van der Waals surface area contributed by atoms with E-state index in [9.17, 15) is 19.8 Å².